The van der Waals surface area contributed by atoms with Gasteiger partial charge in [0.15, 0.2) is 0 Å². The Hall–Kier alpha value is -0.300. The first-order valence-electron chi connectivity index (χ1n) is 4.62. The Morgan fingerprint density at radius 1 is 1.18 bits per heavy atom. The fourth-order valence-electron chi connectivity index (χ4n) is 0.945. The Balaban J connectivity index is 0. The average Bonchev–Trinajstić information content (AvgIpc) is 2.13. The van der Waals surface area contributed by atoms with Gasteiger partial charge in [0, 0.05) is 0 Å². The van der Waals surface area contributed by atoms with Crippen LogP contribution in [0.5, 0.6) is 0 Å². The summed E-state index contributed by atoms with van der Waals surface area (Å²) in [5.74, 6) is 0.949. The van der Waals surface area contributed by atoms with Gasteiger partial charge in [-0.25, -0.2) is 0 Å². The first-order valence-corrected chi connectivity index (χ1v) is 4.62. The van der Waals surface area contributed by atoms with Gasteiger partial charge in [0.05, 0.1) is 0 Å². The van der Waals surface area contributed by atoms with E-state index >= 15 is 0 Å². The molecular formula is C10H23N. The number of hydrogen-bond donors (Lipinski definition) is 1. The SMILES string of the molecule is CC.CN.C[C@H]1CC=CCC1. The summed E-state index contributed by atoms with van der Waals surface area (Å²) < 4.78 is 0. The Bertz CT molecular complexity index is 76.9. The van der Waals surface area contributed by atoms with Gasteiger partial charge in [0.25, 0.3) is 0 Å². The van der Waals surface area contributed by atoms with Gasteiger partial charge in [-0.2, -0.15) is 0 Å². The molecule has 1 heteroatoms. The Kier molecular flexibility index (Phi) is 15.0. The summed E-state index contributed by atoms with van der Waals surface area (Å²) in [6.45, 7) is 6.31. The quantitative estimate of drug-likeness (QED) is 0.537. The third-order valence-corrected chi connectivity index (χ3v) is 1.53. The maximum Gasteiger partial charge on any atom is -0.0195 e. The van der Waals surface area contributed by atoms with Crippen LogP contribution in [0.4, 0.5) is 0 Å². The lowest BCUT2D eigenvalue weighted by molar-refractivity contribution is 0.527. The zero-order valence-corrected chi connectivity index (χ0v) is 8.43. The molecule has 68 valence electrons. The lowest BCUT2D eigenvalue weighted by Crippen LogP contribution is -1.94. The van der Waals surface area contributed by atoms with Gasteiger partial charge in [-0.15, -0.1) is 0 Å². The summed E-state index contributed by atoms with van der Waals surface area (Å²) in [7, 11) is 1.50. The van der Waals surface area contributed by atoms with Gasteiger partial charge in [-0.05, 0) is 32.2 Å². The van der Waals surface area contributed by atoms with Crippen molar-refractivity contribution in [1.82, 2.24) is 0 Å². The lowest BCUT2D eigenvalue weighted by atomic mass is 9.97. The second kappa shape index (κ2) is 12.4. The molecule has 0 aliphatic heterocycles. The molecule has 0 fully saturated rings. The summed E-state index contributed by atoms with van der Waals surface area (Å²) in [5.41, 5.74) is 4.50. The van der Waals surface area contributed by atoms with Crippen LogP contribution < -0.4 is 5.73 Å². The molecule has 0 saturated carbocycles. The molecule has 0 aromatic heterocycles. The van der Waals surface area contributed by atoms with E-state index in [1.54, 1.807) is 0 Å². The molecule has 0 saturated heterocycles. The van der Waals surface area contributed by atoms with Gasteiger partial charge in [-0.3, -0.25) is 0 Å². The van der Waals surface area contributed by atoms with Crippen molar-refractivity contribution in [2.45, 2.75) is 40.0 Å². The molecular weight excluding hydrogens is 134 g/mol. The van der Waals surface area contributed by atoms with Crippen molar-refractivity contribution >= 4 is 0 Å². The highest BCUT2D eigenvalue weighted by Crippen LogP contribution is 2.15. The van der Waals surface area contributed by atoms with Crippen molar-refractivity contribution in [3.8, 4) is 0 Å². The molecule has 1 aliphatic rings. The summed E-state index contributed by atoms with van der Waals surface area (Å²) in [6, 6.07) is 0. The van der Waals surface area contributed by atoms with Crippen LogP contribution in [0.2, 0.25) is 0 Å². The van der Waals surface area contributed by atoms with Crippen LogP contribution in [0.3, 0.4) is 0 Å². The van der Waals surface area contributed by atoms with Gasteiger partial charge in [-0.1, -0.05) is 32.9 Å². The highest BCUT2D eigenvalue weighted by Gasteiger charge is 2.00. The van der Waals surface area contributed by atoms with Gasteiger partial charge in [0.2, 0.25) is 0 Å². The zero-order valence-electron chi connectivity index (χ0n) is 8.43. The number of allylic oxidation sites excluding steroid dienone is 2. The monoisotopic (exact) mass is 157 g/mol. The van der Waals surface area contributed by atoms with Crippen molar-refractivity contribution in [3.05, 3.63) is 12.2 Å². The molecule has 0 spiro atoms. The van der Waals surface area contributed by atoms with E-state index in [0.717, 1.165) is 5.92 Å². The molecule has 1 aliphatic carbocycles. The van der Waals surface area contributed by atoms with Gasteiger partial charge >= 0.3 is 0 Å². The highest BCUT2D eigenvalue weighted by molar-refractivity contribution is 4.88. The molecule has 0 unspecified atom stereocenters. The van der Waals surface area contributed by atoms with Gasteiger partial charge < -0.3 is 5.73 Å². The molecule has 11 heavy (non-hydrogen) atoms. The smallest absolute Gasteiger partial charge is 0.0195 e. The Morgan fingerprint density at radius 2 is 1.73 bits per heavy atom. The molecule has 0 aromatic carbocycles. The van der Waals surface area contributed by atoms with E-state index in [9.17, 15) is 0 Å². The van der Waals surface area contributed by atoms with Crippen LogP contribution in [0.1, 0.15) is 40.0 Å². The van der Waals surface area contributed by atoms with E-state index in [1.807, 2.05) is 13.8 Å². The van der Waals surface area contributed by atoms with E-state index < -0.39 is 0 Å². The third kappa shape index (κ3) is 9.70. The molecule has 0 bridgehead atoms. The second-order valence-electron chi connectivity index (χ2n) is 2.39. The van der Waals surface area contributed by atoms with E-state index in [2.05, 4.69) is 24.8 Å². The Labute approximate surface area is 71.7 Å². The van der Waals surface area contributed by atoms with Crippen molar-refractivity contribution < 1.29 is 0 Å². The average molecular weight is 157 g/mol. The van der Waals surface area contributed by atoms with E-state index in [4.69, 9.17) is 0 Å². The molecule has 0 heterocycles. The Morgan fingerprint density at radius 3 is 1.91 bits per heavy atom. The van der Waals surface area contributed by atoms with Crippen LogP contribution in [0.25, 0.3) is 0 Å². The molecule has 1 atom stereocenters. The minimum atomic E-state index is 0.949. The number of rotatable bonds is 0. The first-order chi connectivity index (χ1) is 5.39. The standard InChI is InChI=1S/C7H12.C2H6.CH5N/c1-7-5-3-2-4-6-7;2*1-2/h2-3,7H,4-6H2,1H3;1-2H3;2H2,1H3/t7-;;/m0../s1. The minimum Gasteiger partial charge on any atom is -0.333 e. The normalized spacial score (nSPS) is 20.6. The highest BCUT2D eigenvalue weighted by atomic mass is 14.4. The fourth-order valence-corrected chi connectivity index (χ4v) is 0.945. The predicted octanol–water partition coefficient (Wildman–Crippen LogP) is 2.96. The molecule has 2 N–H and O–H groups in total. The van der Waals surface area contributed by atoms with Crippen LogP contribution >= 0.6 is 0 Å². The molecule has 1 nitrogen and oxygen atoms in total. The van der Waals surface area contributed by atoms with E-state index in [1.165, 1.54) is 26.3 Å². The van der Waals surface area contributed by atoms with Crippen molar-refractivity contribution in [2.24, 2.45) is 11.7 Å². The molecule has 0 amide bonds. The zero-order chi connectivity index (χ0) is 9.11. The third-order valence-electron chi connectivity index (χ3n) is 1.53. The topological polar surface area (TPSA) is 26.0 Å². The maximum absolute atomic E-state index is 4.50. The van der Waals surface area contributed by atoms with Crippen molar-refractivity contribution in [1.29, 1.82) is 0 Å². The van der Waals surface area contributed by atoms with E-state index in [0.29, 0.717) is 0 Å². The lowest BCUT2D eigenvalue weighted by Gasteiger charge is -2.09. The van der Waals surface area contributed by atoms with Crippen LogP contribution in [-0.4, -0.2) is 7.05 Å². The summed E-state index contributed by atoms with van der Waals surface area (Å²) >= 11 is 0. The summed E-state index contributed by atoms with van der Waals surface area (Å²) in [5, 5.41) is 0. The second-order valence-corrected chi connectivity index (χ2v) is 2.39. The molecule has 0 aromatic rings. The van der Waals surface area contributed by atoms with Crippen molar-refractivity contribution in [3.63, 3.8) is 0 Å². The van der Waals surface area contributed by atoms with Gasteiger partial charge in [0.1, 0.15) is 0 Å². The number of nitrogens with two attached hydrogens (primary N) is 1. The summed E-state index contributed by atoms with van der Waals surface area (Å²) in [6.07, 6.45) is 8.58. The van der Waals surface area contributed by atoms with Crippen LogP contribution in [0, 0.1) is 5.92 Å². The largest absolute Gasteiger partial charge is 0.333 e. The van der Waals surface area contributed by atoms with E-state index in [-0.39, 0.29) is 0 Å². The molecule has 1 rings (SSSR count). The first kappa shape index (κ1) is 13.3. The van der Waals surface area contributed by atoms with Crippen LogP contribution in [0.15, 0.2) is 12.2 Å². The van der Waals surface area contributed by atoms with Crippen LogP contribution in [-0.2, 0) is 0 Å². The maximum atomic E-state index is 4.50. The summed E-state index contributed by atoms with van der Waals surface area (Å²) in [4.78, 5) is 0. The minimum absolute atomic E-state index is 0.949. The number of hydrogen-bond acceptors (Lipinski definition) is 1. The fraction of sp³-hybridized carbons (Fsp3) is 0.800. The molecule has 0 radical (unpaired) electrons. The van der Waals surface area contributed by atoms with Crippen molar-refractivity contribution in [2.75, 3.05) is 7.05 Å². The predicted molar refractivity (Wildman–Crippen MR) is 53.6 cm³/mol.